The highest BCUT2D eigenvalue weighted by atomic mass is 35.5. The number of carbonyl (C=O) groups is 1. The van der Waals surface area contributed by atoms with Crippen LogP contribution in [0.5, 0.6) is 5.88 Å². The Morgan fingerprint density at radius 1 is 1.23 bits per heavy atom. The summed E-state index contributed by atoms with van der Waals surface area (Å²) in [7, 11) is 0. The predicted octanol–water partition coefficient (Wildman–Crippen LogP) is 3.20. The normalized spacial score (nSPS) is 10.8. The van der Waals surface area contributed by atoms with Crippen LogP contribution in [-0.2, 0) is 11.3 Å². The first-order valence-corrected chi connectivity index (χ1v) is 7.06. The highest BCUT2D eigenvalue weighted by Crippen LogP contribution is 2.25. The molecule has 0 spiro atoms. The molecular weight excluding hydrogens is 304 g/mol. The maximum Gasteiger partial charge on any atom is 0.341 e. The molecule has 0 amide bonds. The van der Waals surface area contributed by atoms with Gasteiger partial charge < -0.3 is 9.84 Å². The van der Waals surface area contributed by atoms with Crippen molar-refractivity contribution in [3.8, 4) is 5.88 Å². The molecule has 6 heteroatoms. The summed E-state index contributed by atoms with van der Waals surface area (Å²) < 4.78 is 7.04. The molecule has 0 radical (unpaired) electrons. The van der Waals surface area contributed by atoms with Crippen LogP contribution in [0, 0.1) is 0 Å². The maximum atomic E-state index is 10.7. The van der Waals surface area contributed by atoms with Crippen LogP contribution in [0.25, 0.3) is 10.9 Å². The lowest BCUT2D eigenvalue weighted by atomic mass is 10.2. The number of hydrogen-bond donors (Lipinski definition) is 1. The summed E-state index contributed by atoms with van der Waals surface area (Å²) in [4.78, 5) is 10.7. The molecule has 0 aliphatic carbocycles. The zero-order valence-corrected chi connectivity index (χ0v) is 12.3. The summed E-state index contributed by atoms with van der Waals surface area (Å²) in [5, 5.41) is 14.6. The Balaban J connectivity index is 1.97. The van der Waals surface area contributed by atoms with Crippen molar-refractivity contribution in [1.82, 2.24) is 9.78 Å². The number of halogens is 1. The van der Waals surface area contributed by atoms with Crippen molar-refractivity contribution in [2.45, 2.75) is 6.54 Å². The molecular formula is C16H13ClN2O3. The molecule has 0 bridgehead atoms. The zero-order chi connectivity index (χ0) is 15.5. The summed E-state index contributed by atoms with van der Waals surface area (Å²) in [5.41, 5.74) is 1.88. The Morgan fingerprint density at radius 3 is 2.82 bits per heavy atom. The number of ether oxygens (including phenoxy) is 1. The number of rotatable bonds is 5. The van der Waals surface area contributed by atoms with Crippen molar-refractivity contribution >= 4 is 28.5 Å². The average molecular weight is 317 g/mol. The van der Waals surface area contributed by atoms with E-state index in [4.69, 9.17) is 21.4 Å². The van der Waals surface area contributed by atoms with Gasteiger partial charge in [0.1, 0.15) is 0 Å². The van der Waals surface area contributed by atoms with Crippen molar-refractivity contribution in [3.63, 3.8) is 0 Å². The number of benzene rings is 2. The molecule has 0 aliphatic heterocycles. The Bertz CT molecular complexity index is 829. The van der Waals surface area contributed by atoms with Gasteiger partial charge in [0.2, 0.25) is 5.88 Å². The molecule has 1 aromatic heterocycles. The predicted molar refractivity (Wildman–Crippen MR) is 83.4 cm³/mol. The first-order valence-electron chi connectivity index (χ1n) is 6.68. The number of carboxylic acids is 1. The number of aromatic nitrogens is 2. The number of aliphatic carboxylic acids is 1. The van der Waals surface area contributed by atoms with Gasteiger partial charge in [-0.25, -0.2) is 4.79 Å². The van der Waals surface area contributed by atoms with Crippen LogP contribution in [0.4, 0.5) is 0 Å². The maximum absolute atomic E-state index is 10.7. The first-order chi connectivity index (χ1) is 10.6. The van der Waals surface area contributed by atoms with E-state index in [9.17, 15) is 4.79 Å². The second-order valence-corrected chi connectivity index (χ2v) is 5.23. The molecule has 0 aliphatic rings. The van der Waals surface area contributed by atoms with Gasteiger partial charge in [-0.3, -0.25) is 4.68 Å². The minimum atomic E-state index is -1.03. The van der Waals surface area contributed by atoms with E-state index in [1.165, 1.54) is 0 Å². The Kier molecular flexibility index (Phi) is 3.98. The monoisotopic (exact) mass is 316 g/mol. The molecule has 3 rings (SSSR count). The highest BCUT2D eigenvalue weighted by molar-refractivity contribution is 6.30. The molecule has 0 fully saturated rings. The van der Waals surface area contributed by atoms with E-state index in [-0.39, 0.29) is 0 Å². The van der Waals surface area contributed by atoms with E-state index in [2.05, 4.69) is 5.10 Å². The molecule has 5 nitrogen and oxygen atoms in total. The van der Waals surface area contributed by atoms with Gasteiger partial charge in [-0.2, -0.15) is 0 Å². The molecule has 1 heterocycles. The Morgan fingerprint density at radius 2 is 2.05 bits per heavy atom. The fourth-order valence-electron chi connectivity index (χ4n) is 2.26. The van der Waals surface area contributed by atoms with Crippen molar-refractivity contribution in [1.29, 1.82) is 0 Å². The number of carboxylic acid groups (broad SMARTS) is 1. The van der Waals surface area contributed by atoms with E-state index in [1.54, 1.807) is 4.68 Å². The number of hydrogen-bond acceptors (Lipinski definition) is 3. The van der Waals surface area contributed by atoms with Crippen molar-refractivity contribution in [2.24, 2.45) is 0 Å². The summed E-state index contributed by atoms with van der Waals surface area (Å²) >= 11 is 6.00. The standard InChI is InChI=1S/C16H13ClN2O3/c17-12-5-3-4-11(8-12)9-19-14-7-2-1-6-13(14)16(18-19)22-10-15(20)21/h1-8H,9-10H2,(H,20,21). The molecule has 2 aromatic carbocycles. The van der Waals surface area contributed by atoms with E-state index < -0.39 is 12.6 Å². The zero-order valence-electron chi connectivity index (χ0n) is 11.6. The molecule has 0 saturated carbocycles. The third-order valence-electron chi connectivity index (χ3n) is 3.18. The van der Waals surface area contributed by atoms with Gasteiger partial charge in [0, 0.05) is 5.02 Å². The van der Waals surface area contributed by atoms with Crippen LogP contribution in [0.3, 0.4) is 0 Å². The van der Waals surface area contributed by atoms with E-state index in [0.717, 1.165) is 16.5 Å². The van der Waals surface area contributed by atoms with Gasteiger partial charge in [0.25, 0.3) is 0 Å². The average Bonchev–Trinajstić information content (AvgIpc) is 2.84. The molecule has 1 N–H and O–H groups in total. The van der Waals surface area contributed by atoms with Gasteiger partial charge in [-0.05, 0) is 29.8 Å². The molecule has 3 aromatic rings. The lowest BCUT2D eigenvalue weighted by Gasteiger charge is -2.04. The van der Waals surface area contributed by atoms with Crippen LogP contribution in [0.2, 0.25) is 5.02 Å². The van der Waals surface area contributed by atoms with Gasteiger partial charge in [-0.1, -0.05) is 35.9 Å². The summed E-state index contributed by atoms with van der Waals surface area (Å²) in [6.45, 7) is 0.107. The smallest absolute Gasteiger partial charge is 0.341 e. The number of fused-ring (bicyclic) bond motifs is 1. The highest BCUT2D eigenvalue weighted by Gasteiger charge is 2.12. The lowest BCUT2D eigenvalue weighted by Crippen LogP contribution is -2.10. The quantitative estimate of drug-likeness (QED) is 0.785. The SMILES string of the molecule is O=C(O)COc1nn(Cc2cccc(Cl)c2)c2ccccc12. The number of para-hydroxylation sites is 1. The lowest BCUT2D eigenvalue weighted by molar-refractivity contribution is -0.139. The fraction of sp³-hybridized carbons (Fsp3) is 0.125. The van der Waals surface area contributed by atoms with Crippen molar-refractivity contribution in [2.75, 3.05) is 6.61 Å². The molecule has 0 saturated heterocycles. The van der Waals surface area contributed by atoms with E-state index in [0.29, 0.717) is 17.4 Å². The summed E-state index contributed by atoms with van der Waals surface area (Å²) in [6, 6.07) is 15.1. The van der Waals surface area contributed by atoms with Crippen molar-refractivity contribution < 1.29 is 14.6 Å². The molecule has 22 heavy (non-hydrogen) atoms. The fourth-order valence-corrected chi connectivity index (χ4v) is 2.48. The van der Waals surface area contributed by atoms with Crippen LogP contribution < -0.4 is 4.74 Å². The minimum Gasteiger partial charge on any atom is -0.479 e. The van der Waals surface area contributed by atoms with Crippen LogP contribution in [0.1, 0.15) is 5.56 Å². The van der Waals surface area contributed by atoms with Crippen LogP contribution >= 0.6 is 11.6 Å². The molecule has 112 valence electrons. The molecule has 0 atom stereocenters. The first kappa shape index (κ1) is 14.4. The van der Waals surface area contributed by atoms with Gasteiger partial charge in [-0.15, -0.1) is 5.10 Å². The van der Waals surface area contributed by atoms with E-state index >= 15 is 0 Å². The topological polar surface area (TPSA) is 64.3 Å². The van der Waals surface area contributed by atoms with Gasteiger partial charge in [0.15, 0.2) is 6.61 Å². The second-order valence-electron chi connectivity index (χ2n) is 4.79. The second kappa shape index (κ2) is 6.07. The third kappa shape index (κ3) is 3.04. The largest absolute Gasteiger partial charge is 0.479 e. The van der Waals surface area contributed by atoms with E-state index in [1.807, 2.05) is 48.5 Å². The minimum absolute atomic E-state index is 0.319. The summed E-state index contributed by atoms with van der Waals surface area (Å²) in [6.07, 6.45) is 0. The Labute approximate surface area is 131 Å². The summed E-state index contributed by atoms with van der Waals surface area (Å²) in [5.74, 6) is -0.714. The van der Waals surface area contributed by atoms with Crippen molar-refractivity contribution in [3.05, 3.63) is 59.1 Å². The van der Waals surface area contributed by atoms with Gasteiger partial charge in [0.05, 0.1) is 17.4 Å². The number of nitrogens with zero attached hydrogens (tertiary/aromatic N) is 2. The van der Waals surface area contributed by atoms with Crippen LogP contribution in [0.15, 0.2) is 48.5 Å². The third-order valence-corrected chi connectivity index (χ3v) is 3.41. The van der Waals surface area contributed by atoms with Gasteiger partial charge >= 0.3 is 5.97 Å². The van der Waals surface area contributed by atoms with Crippen LogP contribution in [-0.4, -0.2) is 27.5 Å². The molecule has 0 unspecified atom stereocenters. The Hall–Kier alpha value is -2.53.